The minimum absolute atomic E-state index is 0.143. The van der Waals surface area contributed by atoms with Crippen LogP contribution >= 0.6 is 0 Å². The van der Waals surface area contributed by atoms with Crippen LogP contribution in [0.1, 0.15) is 83.6 Å². The van der Waals surface area contributed by atoms with Crippen molar-refractivity contribution in [1.82, 2.24) is 0 Å². The number of aryl methyl sites for hydroxylation is 1. The van der Waals surface area contributed by atoms with Crippen molar-refractivity contribution in [2.24, 2.45) is 16.6 Å². The van der Waals surface area contributed by atoms with E-state index in [-0.39, 0.29) is 11.7 Å². The van der Waals surface area contributed by atoms with Crippen LogP contribution in [0.4, 0.5) is 0 Å². The fourth-order valence-electron chi connectivity index (χ4n) is 4.88. The SMILES string of the molecule is C[C@H](O)[C@H](O)CC[C@H](C)C1=C[C+](CCOc2cc(CC[C-]3C=CC(CCCCCCCN)[OH+]3)ccc2O)N=C1. The van der Waals surface area contributed by atoms with Gasteiger partial charge in [0.2, 0.25) is 0 Å². The van der Waals surface area contributed by atoms with Crippen LogP contribution in [-0.2, 0) is 6.42 Å². The number of benzene rings is 1. The Morgan fingerprint density at radius 2 is 1.92 bits per heavy atom. The number of nitrogens with zero attached hydrogens (tertiary/aromatic N) is 1. The summed E-state index contributed by atoms with van der Waals surface area (Å²) >= 11 is 0. The van der Waals surface area contributed by atoms with Gasteiger partial charge in [0.15, 0.2) is 23.8 Å². The van der Waals surface area contributed by atoms with Gasteiger partial charge in [-0.25, -0.2) is 0 Å². The Labute approximate surface area is 234 Å². The smallest absolute Gasteiger partial charge is 0.176 e. The Morgan fingerprint density at radius 3 is 2.72 bits per heavy atom. The molecule has 3 rings (SSSR count). The summed E-state index contributed by atoms with van der Waals surface area (Å²) in [5, 5.41) is 29.6. The summed E-state index contributed by atoms with van der Waals surface area (Å²) < 4.78 is 10.8. The van der Waals surface area contributed by atoms with Crippen LogP contribution in [0, 0.1) is 18.1 Å². The van der Waals surface area contributed by atoms with E-state index in [0.29, 0.717) is 31.3 Å². The molecule has 1 aromatic rings. The van der Waals surface area contributed by atoms with Crippen LogP contribution in [0.2, 0.25) is 0 Å². The van der Waals surface area contributed by atoms with E-state index in [1.54, 1.807) is 13.0 Å². The monoisotopic (exact) mass is 541 g/mol. The van der Waals surface area contributed by atoms with Crippen LogP contribution in [0.25, 0.3) is 0 Å². The Balaban J connectivity index is 1.35. The standard InChI is InChI=1S/C32H48N2O5/c1-23(9-15-30(36)24(2)35)26-21-27(34-22-26)17-19-38-32-20-25(11-16-31(32)37)10-12-29-14-13-28(39-29)8-6-4-3-5-7-18-33/h11,13-14,16,20-24,28,30,35-36,39H,3-10,12,15,17-19,33H2,1-2H3/p+1/t23-,24-,28?,30+/m0/s1. The number of aliphatic imine (C=N–C) groups is 1. The van der Waals surface area contributed by atoms with E-state index < -0.39 is 12.2 Å². The lowest BCUT2D eigenvalue weighted by Gasteiger charge is -2.17. The summed E-state index contributed by atoms with van der Waals surface area (Å²) in [5.41, 5.74) is 7.80. The molecule has 0 saturated carbocycles. The number of aromatic hydroxyl groups is 1. The van der Waals surface area contributed by atoms with Crippen LogP contribution in [0.5, 0.6) is 11.5 Å². The Hall–Kier alpha value is -2.45. The van der Waals surface area contributed by atoms with E-state index in [2.05, 4.69) is 30.1 Å². The van der Waals surface area contributed by atoms with Crippen molar-refractivity contribution < 1.29 is 24.8 Å². The second-order valence-corrected chi connectivity index (χ2v) is 11.0. The molecule has 216 valence electrons. The maximum atomic E-state index is 10.3. The Morgan fingerprint density at radius 1 is 1.13 bits per heavy atom. The molecular weight excluding hydrogens is 492 g/mol. The average Bonchev–Trinajstić information content (AvgIpc) is 3.59. The second kappa shape index (κ2) is 16.6. The highest BCUT2D eigenvalue weighted by Crippen LogP contribution is 2.31. The highest BCUT2D eigenvalue weighted by atomic mass is 16.5. The molecule has 7 heteroatoms. The number of unbranched alkanes of at least 4 members (excludes halogenated alkanes) is 4. The highest BCUT2D eigenvalue weighted by molar-refractivity contribution is 5.83. The lowest BCUT2D eigenvalue weighted by Crippen LogP contribution is -2.23. The molecule has 6 N–H and O–H groups in total. The minimum Gasteiger partial charge on any atom is -0.504 e. The van der Waals surface area contributed by atoms with Crippen molar-refractivity contribution in [2.45, 2.75) is 103 Å². The van der Waals surface area contributed by atoms with Gasteiger partial charge < -0.3 is 30.5 Å². The first-order chi connectivity index (χ1) is 18.9. The lowest BCUT2D eigenvalue weighted by molar-refractivity contribution is -0.0482. The number of allylic oxidation sites excluding steroid dienone is 1. The summed E-state index contributed by atoms with van der Waals surface area (Å²) in [6.45, 7) is 4.93. The summed E-state index contributed by atoms with van der Waals surface area (Å²) in [6.07, 6.45) is 19.3. The van der Waals surface area contributed by atoms with Crippen molar-refractivity contribution in [3.8, 4) is 11.5 Å². The first-order valence-electron chi connectivity index (χ1n) is 14.7. The molecule has 0 radical (unpaired) electrons. The molecule has 2 heterocycles. The molecule has 0 aliphatic carbocycles. The predicted octanol–water partition coefficient (Wildman–Crippen LogP) is 5.09. The van der Waals surface area contributed by atoms with E-state index >= 15 is 0 Å². The van der Waals surface area contributed by atoms with E-state index in [1.165, 1.54) is 25.7 Å². The molecular formula is C32H49N2O5+. The number of hydrogen-bond donors (Lipinski definition) is 4. The number of nitrogens with two attached hydrogens (primary N) is 1. The van der Waals surface area contributed by atoms with Gasteiger partial charge in [0.1, 0.15) is 18.3 Å². The zero-order valence-corrected chi connectivity index (χ0v) is 23.8. The van der Waals surface area contributed by atoms with Gasteiger partial charge in [-0.3, -0.25) is 0 Å². The van der Waals surface area contributed by atoms with Gasteiger partial charge in [0, 0.05) is 12.3 Å². The van der Waals surface area contributed by atoms with Crippen molar-refractivity contribution in [3.63, 3.8) is 0 Å². The predicted molar refractivity (Wildman–Crippen MR) is 158 cm³/mol. The van der Waals surface area contributed by atoms with Gasteiger partial charge in [-0.05, 0) is 76.6 Å². The fourth-order valence-corrected chi connectivity index (χ4v) is 4.88. The van der Waals surface area contributed by atoms with Crippen LogP contribution in [-0.4, -0.2) is 57.7 Å². The van der Waals surface area contributed by atoms with Gasteiger partial charge in [0.25, 0.3) is 0 Å². The number of aliphatic hydroxyl groups is 4. The molecule has 4 atom stereocenters. The Bertz CT molecular complexity index is 944. The molecule has 0 amide bonds. The maximum Gasteiger partial charge on any atom is 0.176 e. The first kappa shape index (κ1) is 31.1. The number of phenolic OH excluding ortho intramolecular Hbond substituents is 1. The second-order valence-electron chi connectivity index (χ2n) is 11.0. The lowest BCUT2D eigenvalue weighted by atomic mass is 9.94. The van der Waals surface area contributed by atoms with Gasteiger partial charge >= 0.3 is 0 Å². The van der Waals surface area contributed by atoms with Crippen molar-refractivity contribution in [2.75, 3.05) is 13.2 Å². The zero-order valence-electron chi connectivity index (χ0n) is 23.8. The fraction of sp³-hybridized carbons (Fsp3) is 0.594. The molecule has 2 aliphatic heterocycles. The number of rotatable bonds is 19. The number of ether oxygens (including phenoxy) is 2. The summed E-state index contributed by atoms with van der Waals surface area (Å²) in [4.78, 5) is 4.51. The molecule has 0 aromatic heterocycles. The van der Waals surface area contributed by atoms with E-state index in [0.717, 1.165) is 61.9 Å². The third-order valence-corrected chi connectivity index (χ3v) is 7.59. The summed E-state index contributed by atoms with van der Waals surface area (Å²) in [6, 6.07) is 6.51. The first-order valence-corrected chi connectivity index (χ1v) is 14.7. The van der Waals surface area contributed by atoms with E-state index in [4.69, 9.17) is 15.2 Å². The van der Waals surface area contributed by atoms with Crippen LogP contribution in [0.3, 0.4) is 0 Å². The molecule has 1 unspecified atom stereocenters. The highest BCUT2D eigenvalue weighted by Gasteiger charge is 2.26. The quantitative estimate of drug-likeness (QED) is 0.110. The van der Waals surface area contributed by atoms with Gasteiger partial charge in [-0.2, -0.15) is 0 Å². The van der Waals surface area contributed by atoms with Crippen molar-refractivity contribution in [1.29, 1.82) is 0 Å². The largest absolute Gasteiger partial charge is 0.504 e. The number of phenols is 1. The molecule has 0 spiro atoms. The normalized spacial score (nSPS) is 19.0. The maximum absolute atomic E-state index is 10.3. The van der Waals surface area contributed by atoms with Crippen molar-refractivity contribution >= 4 is 6.21 Å². The third kappa shape index (κ3) is 10.9. The van der Waals surface area contributed by atoms with E-state index in [9.17, 15) is 15.3 Å². The number of aliphatic hydroxyl groups excluding tert-OH is 2. The summed E-state index contributed by atoms with van der Waals surface area (Å²) in [7, 11) is 0. The van der Waals surface area contributed by atoms with Crippen LogP contribution in [0.15, 0.2) is 47.0 Å². The minimum atomic E-state index is -0.713. The molecule has 2 aliphatic rings. The summed E-state index contributed by atoms with van der Waals surface area (Å²) in [5.74, 6) is 0.892. The van der Waals surface area contributed by atoms with Gasteiger partial charge in [0.05, 0.1) is 30.8 Å². The molecule has 0 saturated heterocycles. The Kier molecular flexibility index (Phi) is 13.2. The molecule has 7 nitrogen and oxygen atoms in total. The molecule has 0 fully saturated rings. The topological polar surface area (TPSA) is 121 Å². The van der Waals surface area contributed by atoms with Gasteiger partial charge in [-0.15, -0.1) is 17.1 Å². The van der Waals surface area contributed by atoms with Gasteiger partial charge in [-0.1, -0.05) is 25.3 Å². The average molecular weight is 542 g/mol. The number of hydrogen-bond acceptors (Lipinski definition) is 6. The third-order valence-electron chi connectivity index (χ3n) is 7.59. The van der Waals surface area contributed by atoms with E-state index in [1.807, 2.05) is 18.3 Å². The molecule has 39 heavy (non-hydrogen) atoms. The molecule has 1 aromatic carbocycles. The molecule has 0 bridgehead atoms. The van der Waals surface area contributed by atoms with Crippen molar-refractivity contribution in [3.05, 3.63) is 59.7 Å². The van der Waals surface area contributed by atoms with Crippen LogP contribution < -0.4 is 10.5 Å². The zero-order chi connectivity index (χ0) is 28.0.